The van der Waals surface area contributed by atoms with Crippen LogP contribution in [-0.4, -0.2) is 23.1 Å². The van der Waals surface area contributed by atoms with Gasteiger partial charge in [0.25, 0.3) is 0 Å². The lowest BCUT2D eigenvalue weighted by Crippen LogP contribution is -2.28. The number of methoxy groups -OCH3 is 1. The normalized spacial score (nSPS) is 11.4. The Morgan fingerprint density at radius 1 is 0.964 bits per heavy atom. The summed E-state index contributed by atoms with van der Waals surface area (Å²) in [6.45, 7) is 7.99. The van der Waals surface area contributed by atoms with Crippen LogP contribution >= 0.6 is 0 Å². The van der Waals surface area contributed by atoms with Gasteiger partial charge in [-0.05, 0) is 53.4 Å². The SMILES string of the molecule is COc1cccc(CN(Cc2cccn2Cc2ccc(F)cc2)CC(C)C)c1. The smallest absolute Gasteiger partial charge is 0.123 e. The molecule has 0 amide bonds. The van der Waals surface area contributed by atoms with Gasteiger partial charge in [0.05, 0.1) is 7.11 Å². The summed E-state index contributed by atoms with van der Waals surface area (Å²) in [7, 11) is 1.70. The Morgan fingerprint density at radius 2 is 1.75 bits per heavy atom. The van der Waals surface area contributed by atoms with Gasteiger partial charge >= 0.3 is 0 Å². The minimum Gasteiger partial charge on any atom is -0.497 e. The third-order valence-corrected chi connectivity index (χ3v) is 4.74. The Bertz CT molecular complexity index is 870. The van der Waals surface area contributed by atoms with Gasteiger partial charge in [-0.25, -0.2) is 4.39 Å². The van der Waals surface area contributed by atoms with Crippen molar-refractivity contribution >= 4 is 0 Å². The highest BCUT2D eigenvalue weighted by atomic mass is 19.1. The van der Waals surface area contributed by atoms with E-state index >= 15 is 0 Å². The molecule has 0 spiro atoms. The highest BCUT2D eigenvalue weighted by Gasteiger charge is 2.12. The van der Waals surface area contributed by atoms with Gasteiger partial charge in [-0.2, -0.15) is 0 Å². The summed E-state index contributed by atoms with van der Waals surface area (Å²) in [4.78, 5) is 2.47. The molecule has 4 heteroatoms. The second-order valence-electron chi connectivity index (χ2n) is 7.67. The summed E-state index contributed by atoms with van der Waals surface area (Å²) in [6.07, 6.45) is 2.10. The predicted octanol–water partition coefficient (Wildman–Crippen LogP) is 5.34. The predicted molar refractivity (Wildman–Crippen MR) is 112 cm³/mol. The standard InChI is InChI=1S/C24H29FN2O/c1-19(2)15-26(16-21-6-4-8-24(14-21)28-3)18-23-7-5-13-27(23)17-20-9-11-22(25)12-10-20/h4-14,19H,15-18H2,1-3H3. The van der Waals surface area contributed by atoms with E-state index in [9.17, 15) is 4.39 Å². The molecule has 3 aromatic rings. The van der Waals surface area contributed by atoms with Gasteiger partial charge in [-0.1, -0.05) is 38.1 Å². The van der Waals surface area contributed by atoms with Crippen molar-refractivity contribution in [2.24, 2.45) is 5.92 Å². The number of hydrogen-bond acceptors (Lipinski definition) is 2. The molecule has 1 aromatic heterocycles. The number of hydrogen-bond donors (Lipinski definition) is 0. The van der Waals surface area contributed by atoms with Crippen molar-refractivity contribution in [3.63, 3.8) is 0 Å². The van der Waals surface area contributed by atoms with E-state index in [4.69, 9.17) is 4.74 Å². The summed E-state index contributed by atoms with van der Waals surface area (Å²) in [5, 5.41) is 0. The monoisotopic (exact) mass is 380 g/mol. The Hall–Kier alpha value is -2.59. The highest BCUT2D eigenvalue weighted by Crippen LogP contribution is 2.18. The van der Waals surface area contributed by atoms with Crippen molar-refractivity contribution in [1.82, 2.24) is 9.47 Å². The van der Waals surface area contributed by atoms with Gasteiger partial charge in [0, 0.05) is 38.1 Å². The van der Waals surface area contributed by atoms with E-state index in [0.717, 1.165) is 37.5 Å². The Morgan fingerprint density at radius 3 is 2.46 bits per heavy atom. The van der Waals surface area contributed by atoms with Crippen molar-refractivity contribution in [2.45, 2.75) is 33.5 Å². The molecule has 0 unspecified atom stereocenters. The Labute approximate surface area is 167 Å². The fraction of sp³-hybridized carbons (Fsp3) is 0.333. The first-order chi connectivity index (χ1) is 13.5. The number of halogens is 1. The number of aromatic nitrogens is 1. The molecule has 3 nitrogen and oxygen atoms in total. The molecule has 3 rings (SSSR count). The van der Waals surface area contributed by atoms with Crippen LogP contribution in [0.5, 0.6) is 5.75 Å². The van der Waals surface area contributed by atoms with Gasteiger partial charge in [0.2, 0.25) is 0 Å². The summed E-state index contributed by atoms with van der Waals surface area (Å²) in [5.74, 6) is 1.27. The largest absolute Gasteiger partial charge is 0.497 e. The fourth-order valence-corrected chi connectivity index (χ4v) is 3.49. The molecule has 2 aromatic carbocycles. The average Bonchev–Trinajstić information content (AvgIpc) is 3.10. The number of ether oxygens (including phenoxy) is 1. The van der Waals surface area contributed by atoms with Crippen molar-refractivity contribution < 1.29 is 9.13 Å². The first-order valence-corrected chi connectivity index (χ1v) is 9.77. The third-order valence-electron chi connectivity index (χ3n) is 4.74. The molecule has 28 heavy (non-hydrogen) atoms. The van der Waals surface area contributed by atoms with E-state index in [2.05, 4.69) is 53.8 Å². The molecule has 0 fully saturated rings. The van der Waals surface area contributed by atoms with Gasteiger partial charge in [0.15, 0.2) is 0 Å². The molecular weight excluding hydrogens is 351 g/mol. The Kier molecular flexibility index (Phi) is 6.88. The highest BCUT2D eigenvalue weighted by molar-refractivity contribution is 5.28. The lowest BCUT2D eigenvalue weighted by atomic mass is 10.1. The molecule has 0 radical (unpaired) electrons. The third kappa shape index (κ3) is 5.70. The van der Waals surface area contributed by atoms with Crippen LogP contribution in [0.2, 0.25) is 0 Å². The molecular formula is C24H29FN2O. The molecule has 1 heterocycles. The van der Waals surface area contributed by atoms with Crippen LogP contribution in [0, 0.1) is 11.7 Å². The van der Waals surface area contributed by atoms with Crippen LogP contribution in [0.25, 0.3) is 0 Å². The molecule has 0 N–H and O–H groups in total. The number of rotatable bonds is 9. The van der Waals surface area contributed by atoms with Crippen molar-refractivity contribution in [3.05, 3.63) is 89.5 Å². The van der Waals surface area contributed by atoms with Crippen LogP contribution in [0.15, 0.2) is 66.9 Å². The quantitative estimate of drug-likeness (QED) is 0.498. The van der Waals surface area contributed by atoms with E-state index in [1.807, 2.05) is 24.3 Å². The zero-order chi connectivity index (χ0) is 19.9. The lowest BCUT2D eigenvalue weighted by molar-refractivity contribution is 0.222. The van der Waals surface area contributed by atoms with Gasteiger partial charge in [0.1, 0.15) is 11.6 Å². The van der Waals surface area contributed by atoms with Crippen LogP contribution in [0.4, 0.5) is 4.39 Å². The summed E-state index contributed by atoms with van der Waals surface area (Å²) >= 11 is 0. The van der Waals surface area contributed by atoms with Crippen molar-refractivity contribution in [3.8, 4) is 5.75 Å². The van der Waals surface area contributed by atoms with Crippen LogP contribution in [-0.2, 0) is 19.6 Å². The van der Waals surface area contributed by atoms with Crippen LogP contribution in [0.3, 0.4) is 0 Å². The second kappa shape index (κ2) is 9.56. The van der Waals surface area contributed by atoms with Gasteiger partial charge in [-0.3, -0.25) is 4.90 Å². The van der Waals surface area contributed by atoms with Crippen molar-refractivity contribution in [1.29, 1.82) is 0 Å². The molecule has 0 saturated carbocycles. The molecule has 0 aliphatic rings. The molecule has 0 bridgehead atoms. The summed E-state index contributed by atoms with van der Waals surface area (Å²) in [6, 6.07) is 19.3. The summed E-state index contributed by atoms with van der Waals surface area (Å²) in [5.41, 5.74) is 3.60. The molecule has 148 valence electrons. The minimum absolute atomic E-state index is 0.196. The van der Waals surface area contributed by atoms with Crippen LogP contribution in [0.1, 0.15) is 30.7 Å². The molecule has 0 saturated heterocycles. The fourth-order valence-electron chi connectivity index (χ4n) is 3.49. The second-order valence-corrected chi connectivity index (χ2v) is 7.67. The molecule has 0 aliphatic carbocycles. The van der Waals surface area contributed by atoms with Crippen LogP contribution < -0.4 is 4.74 Å². The first-order valence-electron chi connectivity index (χ1n) is 9.77. The van der Waals surface area contributed by atoms with E-state index < -0.39 is 0 Å². The Balaban J connectivity index is 1.74. The first kappa shape index (κ1) is 20.2. The van der Waals surface area contributed by atoms with E-state index in [-0.39, 0.29) is 5.82 Å². The maximum absolute atomic E-state index is 13.2. The van der Waals surface area contributed by atoms with Gasteiger partial charge in [-0.15, -0.1) is 0 Å². The zero-order valence-electron chi connectivity index (χ0n) is 16.9. The zero-order valence-corrected chi connectivity index (χ0v) is 16.9. The maximum atomic E-state index is 13.2. The van der Waals surface area contributed by atoms with Crippen molar-refractivity contribution in [2.75, 3.05) is 13.7 Å². The molecule has 0 aliphatic heterocycles. The van der Waals surface area contributed by atoms with E-state index in [1.165, 1.54) is 23.4 Å². The number of nitrogens with zero attached hydrogens (tertiary/aromatic N) is 2. The summed E-state index contributed by atoms with van der Waals surface area (Å²) < 4.78 is 20.8. The minimum atomic E-state index is -0.196. The molecule has 0 atom stereocenters. The topological polar surface area (TPSA) is 17.4 Å². The van der Waals surface area contributed by atoms with Gasteiger partial charge < -0.3 is 9.30 Å². The number of benzene rings is 2. The average molecular weight is 381 g/mol. The maximum Gasteiger partial charge on any atom is 0.123 e. The van der Waals surface area contributed by atoms with E-state index in [0.29, 0.717) is 5.92 Å². The van der Waals surface area contributed by atoms with E-state index in [1.54, 1.807) is 7.11 Å². The lowest BCUT2D eigenvalue weighted by Gasteiger charge is -2.25.